The largest absolute Gasteiger partial charge is 0.425 e. The summed E-state index contributed by atoms with van der Waals surface area (Å²) in [5, 5.41) is 19.1. The molecule has 0 aromatic carbocycles. The summed E-state index contributed by atoms with van der Waals surface area (Å²) in [6.45, 7) is 19.9. The van der Waals surface area contributed by atoms with Crippen LogP contribution in [0.5, 0.6) is 0 Å². The highest BCUT2D eigenvalue weighted by Crippen LogP contribution is 2.66. The molecular weight excluding hydrogens is 701 g/mol. The van der Waals surface area contributed by atoms with Gasteiger partial charge in [0, 0.05) is 23.7 Å². The summed E-state index contributed by atoms with van der Waals surface area (Å²) in [4.78, 5) is 0. The van der Waals surface area contributed by atoms with Crippen LogP contribution in [-0.4, -0.2) is 20.4 Å². The number of aromatic nitrogens is 4. The molecule has 7 saturated carbocycles. The van der Waals surface area contributed by atoms with Crippen LogP contribution in [0.1, 0.15) is 244 Å². The molecule has 2 heterocycles. The Morgan fingerprint density at radius 2 is 0.667 bits per heavy atom. The SMILES string of the molecule is CC(C)(C)C1CCC(C2CCC(c3nnc(C4CCC5C6CCC(c7nnc(C8CCC(C9CCC(C(C)(C)C)CC9)CC8)o7)CC6C(C)(C)C5C4)o3)CC2)CC1. The van der Waals surface area contributed by atoms with Gasteiger partial charge < -0.3 is 8.83 Å². The Balaban J connectivity index is 0.759. The van der Waals surface area contributed by atoms with Gasteiger partial charge in [0.1, 0.15) is 0 Å². The van der Waals surface area contributed by atoms with Gasteiger partial charge in [0.2, 0.25) is 23.6 Å². The monoisotopic (exact) mass is 783 g/mol. The van der Waals surface area contributed by atoms with Gasteiger partial charge in [-0.15, -0.1) is 20.4 Å². The van der Waals surface area contributed by atoms with Crippen molar-refractivity contribution >= 4 is 0 Å². The molecular formula is C51H82N4O2. The van der Waals surface area contributed by atoms with Crippen LogP contribution < -0.4 is 0 Å². The molecule has 6 nitrogen and oxygen atoms in total. The number of hydrogen-bond donors (Lipinski definition) is 0. The summed E-state index contributed by atoms with van der Waals surface area (Å²) in [5.41, 5.74) is 1.24. The van der Waals surface area contributed by atoms with E-state index in [1.165, 1.54) is 141 Å². The quantitative estimate of drug-likeness (QED) is 0.290. The molecule has 0 amide bonds. The molecule has 6 atom stereocenters. The molecule has 2 aromatic heterocycles. The highest BCUT2D eigenvalue weighted by Gasteiger charge is 2.58. The Morgan fingerprint density at radius 1 is 0.386 bits per heavy atom. The van der Waals surface area contributed by atoms with Gasteiger partial charge in [-0.2, -0.15) is 0 Å². The van der Waals surface area contributed by atoms with Crippen LogP contribution in [0.4, 0.5) is 0 Å². The van der Waals surface area contributed by atoms with E-state index < -0.39 is 0 Å². The fraction of sp³-hybridized carbons (Fsp3) is 0.922. The zero-order valence-electron chi connectivity index (χ0n) is 37.7. The van der Waals surface area contributed by atoms with Gasteiger partial charge in [-0.25, -0.2) is 0 Å². The summed E-state index contributed by atoms with van der Waals surface area (Å²) in [6.07, 6.45) is 29.3. The van der Waals surface area contributed by atoms with E-state index in [1.54, 1.807) is 0 Å². The van der Waals surface area contributed by atoms with E-state index in [9.17, 15) is 0 Å². The van der Waals surface area contributed by atoms with E-state index in [4.69, 9.17) is 29.2 Å². The maximum absolute atomic E-state index is 6.66. The molecule has 6 heteroatoms. The molecule has 2 aromatic rings. The Labute approximate surface area is 347 Å². The minimum absolute atomic E-state index is 0.299. The van der Waals surface area contributed by atoms with Crippen molar-refractivity contribution in [2.45, 2.75) is 220 Å². The summed E-state index contributed by atoms with van der Waals surface area (Å²) in [5.74, 6) is 14.2. The Hall–Kier alpha value is -1.72. The van der Waals surface area contributed by atoms with Crippen molar-refractivity contribution in [1.29, 1.82) is 0 Å². The van der Waals surface area contributed by atoms with E-state index >= 15 is 0 Å². The maximum Gasteiger partial charge on any atom is 0.219 e. The van der Waals surface area contributed by atoms with Crippen molar-refractivity contribution in [3.8, 4) is 0 Å². The van der Waals surface area contributed by atoms with Crippen LogP contribution in [0.2, 0.25) is 0 Å². The standard InChI is InChI=1S/C51H82N4O2/c1-49(2,3)39-23-17-33(18-24-39)31-9-13-35(14-10-31)45-52-54-47(56-45)37-21-27-41-42-28-22-38(30-44(42)51(7,8)43(41)29-37)48-55-53-46(57-48)36-15-11-32(12-16-36)34-19-25-40(26-20-34)50(4,5)6/h31-44H,9-30H2,1-8H3. The first-order valence-electron chi connectivity index (χ1n) is 24.9. The normalized spacial score (nSPS) is 41.7. The lowest BCUT2D eigenvalue weighted by Crippen LogP contribution is -2.32. The van der Waals surface area contributed by atoms with E-state index in [0.717, 1.165) is 82.7 Å². The van der Waals surface area contributed by atoms with Gasteiger partial charge in [0.05, 0.1) is 0 Å². The highest BCUT2D eigenvalue weighted by molar-refractivity contribution is 5.12. The van der Waals surface area contributed by atoms with Crippen molar-refractivity contribution < 1.29 is 8.83 Å². The molecule has 318 valence electrons. The number of nitrogens with zero attached hydrogens (tertiary/aromatic N) is 4. The molecule has 7 fully saturated rings. The molecule has 6 unspecified atom stereocenters. The van der Waals surface area contributed by atoms with Crippen LogP contribution in [-0.2, 0) is 0 Å². The molecule has 7 aliphatic carbocycles. The van der Waals surface area contributed by atoms with Crippen molar-refractivity contribution in [3.05, 3.63) is 23.6 Å². The van der Waals surface area contributed by atoms with E-state index in [0.29, 0.717) is 39.9 Å². The third kappa shape index (κ3) is 8.23. The van der Waals surface area contributed by atoms with Gasteiger partial charge in [-0.1, -0.05) is 55.4 Å². The lowest BCUT2D eigenvalue weighted by molar-refractivity contribution is 0.101. The second-order valence-electron chi connectivity index (χ2n) is 24.5. The topological polar surface area (TPSA) is 77.8 Å². The zero-order valence-corrected chi connectivity index (χ0v) is 37.7. The number of rotatable bonds is 6. The summed E-state index contributed by atoms with van der Waals surface area (Å²) in [6, 6.07) is 0. The molecule has 0 bridgehead atoms. The van der Waals surface area contributed by atoms with Gasteiger partial charge in [0.15, 0.2) is 0 Å². The van der Waals surface area contributed by atoms with E-state index in [2.05, 4.69) is 55.4 Å². The maximum atomic E-state index is 6.66. The summed E-state index contributed by atoms with van der Waals surface area (Å²) >= 11 is 0. The molecule has 0 saturated heterocycles. The van der Waals surface area contributed by atoms with Crippen LogP contribution in [0.25, 0.3) is 0 Å². The number of hydrogen-bond acceptors (Lipinski definition) is 6. The van der Waals surface area contributed by atoms with Crippen molar-refractivity contribution in [2.75, 3.05) is 0 Å². The van der Waals surface area contributed by atoms with Gasteiger partial charge in [-0.05, 0) is 217 Å². The van der Waals surface area contributed by atoms with Gasteiger partial charge in [-0.3, -0.25) is 0 Å². The van der Waals surface area contributed by atoms with E-state index in [1.807, 2.05) is 0 Å². The fourth-order valence-corrected chi connectivity index (χ4v) is 15.6. The molecule has 0 N–H and O–H groups in total. The second-order valence-corrected chi connectivity index (χ2v) is 24.5. The van der Waals surface area contributed by atoms with Crippen LogP contribution in [0, 0.1) is 75.4 Å². The summed E-state index contributed by atoms with van der Waals surface area (Å²) < 4.78 is 13.3. The molecule has 9 rings (SSSR count). The lowest BCUT2D eigenvalue weighted by atomic mass is 9.65. The average molecular weight is 783 g/mol. The van der Waals surface area contributed by atoms with Gasteiger partial charge in [0.25, 0.3) is 0 Å². The predicted molar refractivity (Wildman–Crippen MR) is 229 cm³/mol. The minimum atomic E-state index is 0.299. The van der Waals surface area contributed by atoms with Crippen molar-refractivity contribution in [1.82, 2.24) is 20.4 Å². The third-order valence-electron chi connectivity index (χ3n) is 19.4. The lowest BCUT2D eigenvalue weighted by Gasteiger charge is -2.41. The highest BCUT2D eigenvalue weighted by atomic mass is 16.4. The van der Waals surface area contributed by atoms with Crippen LogP contribution in [0.15, 0.2) is 8.83 Å². The molecule has 0 spiro atoms. The molecule has 0 radical (unpaired) electrons. The first-order valence-corrected chi connectivity index (χ1v) is 24.9. The van der Waals surface area contributed by atoms with Crippen molar-refractivity contribution in [2.24, 2.45) is 75.4 Å². The predicted octanol–water partition coefficient (Wildman–Crippen LogP) is 14.4. The number of fused-ring (bicyclic) bond motifs is 3. The molecule has 0 aliphatic heterocycles. The average Bonchev–Trinajstić information content (AvgIpc) is 3.96. The zero-order chi connectivity index (χ0) is 39.7. The second kappa shape index (κ2) is 16.0. The minimum Gasteiger partial charge on any atom is -0.425 e. The van der Waals surface area contributed by atoms with Gasteiger partial charge >= 0.3 is 0 Å². The van der Waals surface area contributed by atoms with Crippen LogP contribution >= 0.6 is 0 Å². The Morgan fingerprint density at radius 3 is 0.982 bits per heavy atom. The van der Waals surface area contributed by atoms with Crippen LogP contribution in [0.3, 0.4) is 0 Å². The van der Waals surface area contributed by atoms with E-state index in [-0.39, 0.29) is 0 Å². The smallest absolute Gasteiger partial charge is 0.219 e. The Bertz CT molecular complexity index is 1490. The van der Waals surface area contributed by atoms with Crippen molar-refractivity contribution in [3.63, 3.8) is 0 Å². The summed E-state index contributed by atoms with van der Waals surface area (Å²) in [7, 11) is 0. The first-order chi connectivity index (χ1) is 27.2. The fourth-order valence-electron chi connectivity index (χ4n) is 15.6. The Kier molecular flexibility index (Phi) is 11.4. The molecule has 7 aliphatic rings. The molecule has 57 heavy (non-hydrogen) atoms. The first kappa shape index (κ1) is 40.7. The third-order valence-corrected chi connectivity index (χ3v) is 19.4.